The predicted octanol–water partition coefficient (Wildman–Crippen LogP) is 4.58. The topological polar surface area (TPSA) is 149 Å². The predicted molar refractivity (Wildman–Crippen MR) is 121 cm³/mol. The van der Waals surface area contributed by atoms with Crippen LogP contribution in [0.5, 0.6) is 0 Å². The third-order valence-corrected chi connectivity index (χ3v) is 6.28. The van der Waals surface area contributed by atoms with E-state index in [0.717, 1.165) is 0 Å². The molecule has 2 aliphatic rings. The number of Topliss-reactive ketones (excluding diaryl/α,β-unsaturated/α-hetero) is 4. The van der Waals surface area contributed by atoms with E-state index in [1.165, 1.54) is 27.7 Å². The van der Waals surface area contributed by atoms with E-state index in [0.29, 0.717) is 12.8 Å². The van der Waals surface area contributed by atoms with E-state index in [4.69, 9.17) is 0 Å². The molecule has 8 heteroatoms. The van der Waals surface area contributed by atoms with Gasteiger partial charge in [0.15, 0.2) is 23.1 Å². The summed E-state index contributed by atoms with van der Waals surface area (Å²) in [5.74, 6) is -5.25. The molecule has 4 N–H and O–H groups in total. The highest BCUT2D eigenvalue weighted by atomic mass is 16.3. The van der Waals surface area contributed by atoms with E-state index in [2.05, 4.69) is 0 Å². The molecular weight excluding hydrogens is 428 g/mol. The summed E-state index contributed by atoms with van der Waals surface area (Å²) < 4.78 is 0. The van der Waals surface area contributed by atoms with E-state index >= 15 is 0 Å². The van der Waals surface area contributed by atoms with Crippen LogP contribution in [0, 0.1) is 10.8 Å². The van der Waals surface area contributed by atoms with Crippen molar-refractivity contribution < 1.29 is 39.6 Å². The minimum Gasteiger partial charge on any atom is -0.511 e. The van der Waals surface area contributed by atoms with Gasteiger partial charge < -0.3 is 20.4 Å². The van der Waals surface area contributed by atoms with Crippen LogP contribution < -0.4 is 0 Å². The fourth-order valence-electron chi connectivity index (χ4n) is 4.06. The Morgan fingerprint density at radius 3 is 1.21 bits per heavy atom. The normalized spacial score (nSPS) is 20.7. The van der Waals surface area contributed by atoms with Gasteiger partial charge in [-0.2, -0.15) is 0 Å². The van der Waals surface area contributed by atoms with E-state index in [-0.39, 0.29) is 24.0 Å². The first kappa shape index (κ1) is 26.1. The van der Waals surface area contributed by atoms with Crippen molar-refractivity contribution in [2.75, 3.05) is 0 Å². The third-order valence-electron chi connectivity index (χ3n) is 6.28. The number of aliphatic hydroxyl groups excluding tert-OH is 4. The molecule has 0 aromatic heterocycles. The average Bonchev–Trinajstić information content (AvgIpc) is 2.72. The second-order valence-electron chi connectivity index (χ2n) is 9.53. The smallest absolute Gasteiger partial charge is 0.199 e. The van der Waals surface area contributed by atoms with Crippen LogP contribution in [0.25, 0.3) is 0 Å². The molecule has 33 heavy (non-hydrogen) atoms. The summed E-state index contributed by atoms with van der Waals surface area (Å²) >= 11 is 0. The number of aliphatic hydroxyl groups is 4. The van der Waals surface area contributed by atoms with Gasteiger partial charge in [-0.3, -0.25) is 19.2 Å². The van der Waals surface area contributed by atoms with Crippen LogP contribution in [-0.2, 0) is 19.2 Å². The second kappa shape index (κ2) is 9.00. The molecule has 0 bridgehead atoms. The van der Waals surface area contributed by atoms with Gasteiger partial charge in [-0.25, -0.2) is 0 Å². The van der Waals surface area contributed by atoms with Gasteiger partial charge in [0.1, 0.15) is 34.2 Å². The lowest BCUT2D eigenvalue weighted by atomic mass is 9.71. The molecule has 0 saturated heterocycles. The Morgan fingerprint density at radius 1 is 0.636 bits per heavy atom. The zero-order valence-electron chi connectivity index (χ0n) is 20.0. The monoisotopic (exact) mass is 460 g/mol. The van der Waals surface area contributed by atoms with Crippen molar-refractivity contribution in [3.05, 3.63) is 45.3 Å². The summed E-state index contributed by atoms with van der Waals surface area (Å²) in [6, 6.07) is 0. The van der Waals surface area contributed by atoms with Crippen LogP contribution in [0.2, 0.25) is 0 Å². The maximum atomic E-state index is 13.2. The SMILES string of the molecule is CCCC(=O)C1=C(O)C(C)(C)C(O)=C(CC2=C(O)C(C)(C)C(O)=C(C(=O)CCC)C2=O)C1=O. The highest BCUT2D eigenvalue weighted by Crippen LogP contribution is 2.46. The van der Waals surface area contributed by atoms with E-state index in [1.807, 2.05) is 0 Å². The molecule has 0 unspecified atom stereocenters. The van der Waals surface area contributed by atoms with Crippen molar-refractivity contribution in [2.24, 2.45) is 10.8 Å². The Balaban J connectivity index is 2.65. The lowest BCUT2D eigenvalue weighted by molar-refractivity contribution is -0.122. The summed E-state index contributed by atoms with van der Waals surface area (Å²) in [6.07, 6.45) is 0.289. The Hall–Kier alpha value is -3.16. The molecule has 0 spiro atoms. The van der Waals surface area contributed by atoms with E-state index in [1.54, 1.807) is 13.8 Å². The first-order valence-corrected chi connectivity index (χ1v) is 11.0. The number of rotatable bonds is 8. The molecule has 2 rings (SSSR count). The number of carbonyl (C=O) groups excluding carboxylic acids is 4. The number of hydrogen-bond donors (Lipinski definition) is 4. The van der Waals surface area contributed by atoms with Crippen molar-refractivity contribution >= 4 is 23.1 Å². The molecule has 0 saturated carbocycles. The van der Waals surface area contributed by atoms with Gasteiger partial charge in [-0.1, -0.05) is 13.8 Å². The molecule has 8 nitrogen and oxygen atoms in total. The summed E-state index contributed by atoms with van der Waals surface area (Å²) in [6.45, 7) is 9.17. The lowest BCUT2D eigenvalue weighted by Gasteiger charge is -2.34. The van der Waals surface area contributed by atoms with Gasteiger partial charge >= 0.3 is 0 Å². The first-order chi connectivity index (χ1) is 15.2. The van der Waals surface area contributed by atoms with E-state index < -0.39 is 74.6 Å². The summed E-state index contributed by atoms with van der Waals surface area (Å²) in [4.78, 5) is 51.5. The average molecular weight is 461 g/mol. The molecular formula is C25H32O8. The van der Waals surface area contributed by atoms with Crippen LogP contribution in [0.1, 0.15) is 73.6 Å². The molecule has 2 aliphatic carbocycles. The molecule has 180 valence electrons. The zero-order valence-corrected chi connectivity index (χ0v) is 20.0. The summed E-state index contributed by atoms with van der Waals surface area (Å²) in [7, 11) is 0. The van der Waals surface area contributed by atoms with Crippen molar-refractivity contribution in [1.82, 2.24) is 0 Å². The maximum Gasteiger partial charge on any atom is 0.199 e. The first-order valence-electron chi connectivity index (χ1n) is 11.0. The van der Waals surface area contributed by atoms with Gasteiger partial charge in [-0.15, -0.1) is 0 Å². The minimum atomic E-state index is -1.48. The van der Waals surface area contributed by atoms with Crippen LogP contribution in [0.3, 0.4) is 0 Å². The Bertz CT molecular complexity index is 976. The summed E-state index contributed by atoms with van der Waals surface area (Å²) in [5, 5.41) is 42.8. The number of carbonyl (C=O) groups is 4. The van der Waals surface area contributed by atoms with Gasteiger partial charge in [0.2, 0.25) is 0 Å². The molecule has 0 amide bonds. The Morgan fingerprint density at radius 2 is 0.939 bits per heavy atom. The molecule has 0 atom stereocenters. The molecule has 0 fully saturated rings. The molecule has 0 radical (unpaired) electrons. The molecule has 0 aromatic rings. The highest BCUT2D eigenvalue weighted by Gasteiger charge is 2.47. The van der Waals surface area contributed by atoms with Crippen molar-refractivity contribution in [3.8, 4) is 0 Å². The zero-order chi connectivity index (χ0) is 25.5. The van der Waals surface area contributed by atoms with Gasteiger partial charge in [0.05, 0.1) is 10.8 Å². The standard InChI is InChI=1S/C25H32O8/c1-7-9-14(26)16-18(28)12(20(30)24(3,4)22(16)32)11-13-19(29)17(15(27)10-8-2)23(33)25(5,6)21(13)31/h30-33H,7-11H2,1-6H3. The fourth-order valence-corrected chi connectivity index (χ4v) is 4.06. The van der Waals surface area contributed by atoms with Crippen LogP contribution >= 0.6 is 0 Å². The highest BCUT2D eigenvalue weighted by molar-refractivity contribution is 6.30. The largest absolute Gasteiger partial charge is 0.511 e. The summed E-state index contributed by atoms with van der Waals surface area (Å²) in [5.41, 5.74) is -4.54. The Kier molecular flexibility index (Phi) is 7.12. The fraction of sp³-hybridized carbons (Fsp3) is 0.520. The number of allylic oxidation sites excluding steroid dienone is 4. The molecule has 0 aliphatic heterocycles. The van der Waals surface area contributed by atoms with Crippen LogP contribution in [-0.4, -0.2) is 43.6 Å². The molecule has 0 aromatic carbocycles. The lowest BCUT2D eigenvalue weighted by Crippen LogP contribution is -2.36. The van der Waals surface area contributed by atoms with E-state index in [9.17, 15) is 39.6 Å². The van der Waals surface area contributed by atoms with Gasteiger partial charge in [0.25, 0.3) is 0 Å². The Labute approximate surface area is 193 Å². The number of hydrogen-bond acceptors (Lipinski definition) is 8. The molecule has 0 heterocycles. The second-order valence-corrected chi connectivity index (χ2v) is 9.53. The van der Waals surface area contributed by atoms with Gasteiger partial charge in [0, 0.05) is 30.4 Å². The maximum absolute atomic E-state index is 13.2. The van der Waals surface area contributed by atoms with Crippen molar-refractivity contribution in [2.45, 2.75) is 73.6 Å². The van der Waals surface area contributed by atoms with Crippen LogP contribution in [0.15, 0.2) is 45.3 Å². The quantitative estimate of drug-likeness (QED) is 0.385. The van der Waals surface area contributed by atoms with Crippen molar-refractivity contribution in [1.29, 1.82) is 0 Å². The van der Waals surface area contributed by atoms with Crippen LogP contribution in [0.4, 0.5) is 0 Å². The third kappa shape index (κ3) is 4.14. The van der Waals surface area contributed by atoms with Gasteiger partial charge in [-0.05, 0) is 40.5 Å². The van der Waals surface area contributed by atoms with Crippen molar-refractivity contribution in [3.63, 3.8) is 0 Å². The minimum absolute atomic E-state index is 0.00143. The number of ketones is 4.